The molecule has 0 spiro atoms. The molecule has 0 N–H and O–H groups in total. The predicted molar refractivity (Wildman–Crippen MR) is 129 cm³/mol. The number of fused-ring (bicyclic) bond motifs is 1. The van der Waals surface area contributed by atoms with Gasteiger partial charge in [0.05, 0.1) is 11.3 Å². The van der Waals surface area contributed by atoms with Gasteiger partial charge in [-0.15, -0.1) is 0 Å². The Bertz CT molecular complexity index is 1480. The first-order valence-electron chi connectivity index (χ1n) is 10.9. The van der Waals surface area contributed by atoms with Crippen LogP contribution in [0.25, 0.3) is 22.7 Å². The van der Waals surface area contributed by atoms with Crippen molar-refractivity contribution in [2.24, 2.45) is 19.3 Å². The van der Waals surface area contributed by atoms with Crippen molar-refractivity contribution in [3.8, 4) is 11.5 Å². The lowest BCUT2D eigenvalue weighted by Crippen LogP contribution is -2.14. The summed E-state index contributed by atoms with van der Waals surface area (Å²) in [5.74, 6) is 1.04. The average molecular weight is 537 g/mol. The monoisotopic (exact) mass is 536 g/mol. The topological polar surface area (TPSA) is 93.2 Å². The van der Waals surface area contributed by atoms with Crippen molar-refractivity contribution in [1.29, 1.82) is 0 Å². The number of oxime groups is 1. The molecule has 0 fully saturated rings. The predicted octanol–water partition coefficient (Wildman–Crippen LogP) is 5.03. The smallest absolute Gasteiger partial charge is 0.417 e. The quantitative estimate of drug-likeness (QED) is 0.333. The number of nitrogens with zero attached hydrogens (tertiary/aromatic N) is 6. The van der Waals surface area contributed by atoms with Crippen LogP contribution in [0.2, 0.25) is 5.02 Å². The van der Waals surface area contributed by atoms with E-state index in [9.17, 15) is 17.7 Å². The maximum atomic E-state index is 13.2. The molecular weight excluding hydrogens is 517 g/mol. The van der Waals surface area contributed by atoms with Gasteiger partial charge in [-0.25, -0.2) is 15.0 Å². The third kappa shape index (κ3) is 4.22. The molecule has 5 rings (SSSR count). The Hall–Kier alpha value is -3.09. The molecule has 1 aliphatic rings. The molecule has 2 unspecified atom stereocenters. The van der Waals surface area contributed by atoms with E-state index < -0.39 is 29.0 Å². The summed E-state index contributed by atoms with van der Waals surface area (Å²) in [5.41, 5.74) is 1.29. The minimum Gasteiger partial charge on any atom is -0.610 e. The molecule has 36 heavy (non-hydrogen) atoms. The van der Waals surface area contributed by atoms with E-state index in [4.69, 9.17) is 21.4 Å². The lowest BCUT2D eigenvalue weighted by atomic mass is 10.0. The molecule has 4 heterocycles. The Balaban J connectivity index is 1.56. The van der Waals surface area contributed by atoms with Gasteiger partial charge in [-0.2, -0.15) is 13.2 Å². The van der Waals surface area contributed by atoms with E-state index in [0.29, 0.717) is 39.5 Å². The van der Waals surface area contributed by atoms with E-state index in [0.717, 1.165) is 17.8 Å². The highest BCUT2D eigenvalue weighted by molar-refractivity contribution is 7.91. The van der Waals surface area contributed by atoms with Crippen molar-refractivity contribution < 1.29 is 22.6 Å². The van der Waals surface area contributed by atoms with Gasteiger partial charge in [-0.1, -0.05) is 28.9 Å². The number of benzene rings is 1. The van der Waals surface area contributed by atoms with Crippen molar-refractivity contribution in [2.75, 3.05) is 5.75 Å². The molecular formula is C23H20ClF3N6O2S. The van der Waals surface area contributed by atoms with Gasteiger partial charge >= 0.3 is 6.18 Å². The summed E-state index contributed by atoms with van der Waals surface area (Å²) < 4.78 is 55.9. The van der Waals surface area contributed by atoms with Crippen LogP contribution in [-0.2, 0) is 36.3 Å². The highest BCUT2D eigenvalue weighted by Gasteiger charge is 2.36. The number of rotatable bonds is 5. The number of hydrogen-bond acceptors (Lipinski definition) is 6. The fourth-order valence-corrected chi connectivity index (χ4v) is 5.25. The molecule has 0 aliphatic carbocycles. The second-order valence-electron chi connectivity index (χ2n) is 8.22. The molecule has 188 valence electrons. The minimum absolute atomic E-state index is 0.0632. The van der Waals surface area contributed by atoms with Crippen LogP contribution >= 0.6 is 11.6 Å². The summed E-state index contributed by atoms with van der Waals surface area (Å²) in [6, 6.07) is 8.15. The average Bonchev–Trinajstić information content (AvgIpc) is 3.54. The normalized spacial score (nSPS) is 16.9. The molecule has 0 bridgehead atoms. The lowest BCUT2D eigenvalue weighted by molar-refractivity contribution is -0.137. The molecule has 0 amide bonds. The van der Waals surface area contributed by atoms with Crippen LogP contribution in [-0.4, -0.2) is 40.1 Å². The van der Waals surface area contributed by atoms with E-state index >= 15 is 0 Å². The Labute approximate surface area is 211 Å². The van der Waals surface area contributed by atoms with Crippen LogP contribution in [0.5, 0.6) is 0 Å². The fraction of sp³-hybridized carbons (Fsp3) is 0.304. The Morgan fingerprint density at radius 2 is 1.89 bits per heavy atom. The van der Waals surface area contributed by atoms with E-state index in [-0.39, 0.29) is 17.0 Å². The molecule has 0 radical (unpaired) electrons. The molecule has 8 nitrogen and oxygen atoms in total. The van der Waals surface area contributed by atoms with Gasteiger partial charge in [0, 0.05) is 42.9 Å². The summed E-state index contributed by atoms with van der Waals surface area (Å²) in [6.45, 7) is 1.77. The van der Waals surface area contributed by atoms with Crippen molar-refractivity contribution in [3.05, 3.63) is 58.5 Å². The highest BCUT2D eigenvalue weighted by Crippen LogP contribution is 2.36. The standard InChI is InChI=1S/C23H20ClF3N6O2S/c1-4-36(34)22-18(21-29-16-9-13(23(25,26)27)11-28-19(16)32(21)2)30-20(33(22)3)17-10-15(31-35-17)12-5-7-14(24)8-6-12/h5-9,11,17H,4,10H2,1-3H3. The van der Waals surface area contributed by atoms with Gasteiger partial charge in [-0.05, 0) is 30.7 Å². The molecule has 3 aromatic heterocycles. The Kier molecular flexibility index (Phi) is 6.21. The SMILES string of the molecule is CC[S+]([O-])c1c(-c2nc3cc(C(F)(F)F)cnc3n2C)nc(C2CC(c3ccc(Cl)cc3)=NO2)n1C. The molecule has 4 aromatic rings. The van der Waals surface area contributed by atoms with E-state index in [1.165, 1.54) is 0 Å². The van der Waals surface area contributed by atoms with Gasteiger partial charge in [0.2, 0.25) is 0 Å². The first kappa shape index (κ1) is 24.6. The second-order valence-corrected chi connectivity index (χ2v) is 10.3. The lowest BCUT2D eigenvalue weighted by Gasteiger charge is -2.12. The molecule has 0 saturated carbocycles. The second kappa shape index (κ2) is 9.09. The van der Waals surface area contributed by atoms with Crippen molar-refractivity contribution in [3.63, 3.8) is 0 Å². The summed E-state index contributed by atoms with van der Waals surface area (Å²) in [4.78, 5) is 18.8. The molecule has 1 aromatic carbocycles. The van der Waals surface area contributed by atoms with Gasteiger partial charge in [-0.3, -0.25) is 4.57 Å². The number of aryl methyl sites for hydroxylation is 1. The number of hydrogen-bond donors (Lipinski definition) is 0. The summed E-state index contributed by atoms with van der Waals surface area (Å²) >= 11 is 4.53. The molecule has 1 aliphatic heterocycles. The van der Waals surface area contributed by atoms with E-state index in [1.807, 2.05) is 12.1 Å². The van der Waals surface area contributed by atoms with E-state index in [2.05, 4.69) is 15.1 Å². The van der Waals surface area contributed by atoms with Crippen LogP contribution in [0.1, 0.15) is 36.4 Å². The maximum Gasteiger partial charge on any atom is 0.417 e. The Morgan fingerprint density at radius 3 is 2.56 bits per heavy atom. The highest BCUT2D eigenvalue weighted by atomic mass is 35.5. The number of imidazole rings is 2. The number of aromatic nitrogens is 5. The molecule has 13 heteroatoms. The third-order valence-corrected chi connectivity index (χ3v) is 7.61. The van der Waals surface area contributed by atoms with Gasteiger partial charge in [0.15, 0.2) is 29.1 Å². The Morgan fingerprint density at radius 1 is 1.17 bits per heavy atom. The van der Waals surface area contributed by atoms with Crippen molar-refractivity contribution in [2.45, 2.75) is 30.7 Å². The molecule has 2 atom stereocenters. The first-order valence-corrected chi connectivity index (χ1v) is 12.6. The number of alkyl halides is 3. The van der Waals surface area contributed by atoms with Gasteiger partial charge in [0.1, 0.15) is 11.3 Å². The van der Waals surface area contributed by atoms with E-state index in [1.54, 1.807) is 42.3 Å². The van der Waals surface area contributed by atoms with Gasteiger partial charge < -0.3 is 14.0 Å². The zero-order chi connectivity index (χ0) is 25.8. The third-order valence-electron chi connectivity index (χ3n) is 5.94. The zero-order valence-electron chi connectivity index (χ0n) is 19.4. The molecule has 0 saturated heterocycles. The largest absolute Gasteiger partial charge is 0.610 e. The fourth-order valence-electron chi connectivity index (χ4n) is 4.10. The van der Waals surface area contributed by atoms with Crippen molar-refractivity contribution in [1.82, 2.24) is 24.1 Å². The van der Waals surface area contributed by atoms with Crippen LogP contribution in [0, 0.1) is 0 Å². The number of halogens is 4. The van der Waals surface area contributed by atoms with Crippen LogP contribution in [0.4, 0.5) is 13.2 Å². The summed E-state index contributed by atoms with van der Waals surface area (Å²) in [5, 5.41) is 5.20. The minimum atomic E-state index is -4.55. The van der Waals surface area contributed by atoms with Crippen molar-refractivity contribution >= 4 is 39.7 Å². The van der Waals surface area contributed by atoms with Gasteiger partial charge in [0.25, 0.3) is 5.03 Å². The summed E-state index contributed by atoms with van der Waals surface area (Å²) in [7, 11) is 3.35. The van der Waals surface area contributed by atoms with Crippen LogP contribution < -0.4 is 0 Å². The maximum absolute atomic E-state index is 13.2. The van der Waals surface area contributed by atoms with Crippen LogP contribution in [0.15, 0.2) is 46.7 Å². The number of pyridine rings is 1. The first-order chi connectivity index (χ1) is 17.1. The van der Waals surface area contributed by atoms with Crippen LogP contribution in [0.3, 0.4) is 0 Å². The zero-order valence-corrected chi connectivity index (χ0v) is 20.9. The summed E-state index contributed by atoms with van der Waals surface area (Å²) in [6.07, 6.45) is -3.91.